The second-order valence-electron chi connectivity index (χ2n) is 12.2. The van der Waals surface area contributed by atoms with Gasteiger partial charge in [0.2, 0.25) is 0 Å². The van der Waals surface area contributed by atoms with Gasteiger partial charge in [-0.2, -0.15) is 0 Å². The first-order valence-electron chi connectivity index (χ1n) is 22.9. The van der Waals surface area contributed by atoms with Gasteiger partial charge in [0.1, 0.15) is 11.2 Å². The molecule has 0 amide bonds. The molecule has 0 fully saturated rings. The van der Waals surface area contributed by atoms with Crippen molar-refractivity contribution < 1.29 is 22.2 Å². The van der Waals surface area contributed by atoms with Crippen LogP contribution >= 0.6 is 0 Å². The summed E-state index contributed by atoms with van der Waals surface area (Å²) in [5, 5.41) is 0.515. The van der Waals surface area contributed by atoms with Gasteiger partial charge in [-0.25, -0.2) is 0 Å². The lowest BCUT2D eigenvalue weighted by atomic mass is 9.85. The largest absolute Gasteiger partial charge is 0.455 e. The van der Waals surface area contributed by atoms with Crippen LogP contribution in [0.4, 0.5) is 0 Å². The van der Waals surface area contributed by atoms with E-state index in [9.17, 15) is 5.48 Å². The topological polar surface area (TPSA) is 13.1 Å². The Bertz CT molecular complexity index is 3510. The van der Waals surface area contributed by atoms with E-state index >= 15 is 0 Å². The number of fused-ring (bicyclic) bond motifs is 5. The van der Waals surface area contributed by atoms with E-state index in [4.69, 9.17) is 16.8 Å². The molecule has 1 heteroatoms. The van der Waals surface area contributed by atoms with Crippen LogP contribution in [0.25, 0.3) is 99.1 Å². The van der Waals surface area contributed by atoms with Gasteiger partial charge in [-0.15, -0.1) is 0 Å². The van der Waals surface area contributed by atoms with Crippen LogP contribution in [0.1, 0.15) is 17.8 Å². The van der Waals surface area contributed by atoms with Gasteiger partial charge in [0, 0.05) is 16.3 Å². The summed E-state index contributed by atoms with van der Waals surface area (Å²) >= 11 is 0. The molecule has 0 aliphatic rings. The number of furan rings is 1. The van der Waals surface area contributed by atoms with E-state index in [2.05, 4.69) is 36.4 Å². The molecule has 1 heterocycles. The van der Waals surface area contributed by atoms with Crippen molar-refractivity contribution in [2.75, 3.05) is 0 Å². The number of hydrogen-bond acceptors (Lipinski definition) is 1. The Balaban J connectivity index is 1.32. The van der Waals surface area contributed by atoms with Gasteiger partial charge in [0.15, 0.2) is 0 Å². The molecule has 0 spiro atoms. The SMILES string of the molecule is [2H]c1c([2H])c([2H])c(-c2c3c([2H])c([2H])c([2H])c([2H])c3c(-c3ccc4oc5c(-c6ccccc6)c(-c6ccc(-c7ccccc7)cc6)ccc5c4c3)c3c([2H])c([2H])c([2H])c([2H])c23)c([2H])c1[2H]. The van der Waals surface area contributed by atoms with Gasteiger partial charge in [0.05, 0.1) is 17.8 Å². The van der Waals surface area contributed by atoms with Gasteiger partial charge in [-0.3, -0.25) is 0 Å². The van der Waals surface area contributed by atoms with Gasteiger partial charge in [-0.1, -0.05) is 176 Å². The first-order chi connectivity index (χ1) is 30.7. The van der Waals surface area contributed by atoms with Crippen molar-refractivity contribution in [2.24, 2.45) is 0 Å². The summed E-state index contributed by atoms with van der Waals surface area (Å²) in [7, 11) is 0. The normalized spacial score (nSPS) is 15.1. The molecular weight excluding hydrogens is 617 g/mol. The molecule has 0 saturated carbocycles. The monoisotopic (exact) mass is 661 g/mol. The molecule has 0 aliphatic heterocycles. The maximum Gasteiger partial charge on any atom is 0.143 e. The highest BCUT2D eigenvalue weighted by Gasteiger charge is 2.20. The molecule has 1 nitrogen and oxygen atoms in total. The van der Waals surface area contributed by atoms with Crippen molar-refractivity contribution in [3.05, 3.63) is 194 Å². The van der Waals surface area contributed by atoms with Crippen LogP contribution in [0.3, 0.4) is 0 Å². The van der Waals surface area contributed by atoms with E-state index in [1.807, 2.05) is 60.7 Å². The van der Waals surface area contributed by atoms with Gasteiger partial charge < -0.3 is 4.42 Å². The minimum Gasteiger partial charge on any atom is -0.455 e. The summed E-state index contributed by atoms with van der Waals surface area (Å²) in [5.41, 5.74) is 6.45. The minimum absolute atomic E-state index is 0.0507. The minimum atomic E-state index is -0.720. The van der Waals surface area contributed by atoms with Crippen LogP contribution in [0.5, 0.6) is 0 Å². The fourth-order valence-electron chi connectivity index (χ4n) is 7.14. The van der Waals surface area contributed by atoms with Crippen LogP contribution in [0.15, 0.2) is 198 Å². The first-order valence-corrected chi connectivity index (χ1v) is 16.4. The molecular formula is C50H32O. The van der Waals surface area contributed by atoms with Crippen LogP contribution in [0.2, 0.25) is 0 Å². The Morgan fingerprint density at radius 2 is 0.843 bits per heavy atom. The molecule has 10 aromatic rings. The standard InChI is InChI=1S/C50H32O/c1-4-14-33(15-5-1)34-24-26-35(27-25-34)39-29-30-44-45-32-38(28-31-46(45)51-50(44)49(39)37-18-8-3-9-19-37)48-42-22-12-10-20-40(42)47(36-16-6-2-7-17-36)41-21-11-13-23-43(41)48/h1-32H/i2D,6D,7D,10D,11D,12D,13D,16D,17D,20D,21D,22D,23D. The van der Waals surface area contributed by atoms with Crippen molar-refractivity contribution in [1.29, 1.82) is 0 Å². The molecule has 51 heavy (non-hydrogen) atoms. The van der Waals surface area contributed by atoms with Crippen molar-refractivity contribution in [1.82, 2.24) is 0 Å². The highest BCUT2D eigenvalue weighted by molar-refractivity contribution is 6.22. The predicted octanol–water partition coefficient (Wildman–Crippen LogP) is 14.2. The molecule has 238 valence electrons. The Labute approximate surface area is 315 Å². The zero-order valence-corrected chi connectivity index (χ0v) is 26.9. The molecule has 0 radical (unpaired) electrons. The molecule has 10 rings (SSSR count). The number of hydrogen-bond donors (Lipinski definition) is 0. The van der Waals surface area contributed by atoms with E-state index in [0.29, 0.717) is 27.5 Å². The molecule has 0 unspecified atom stereocenters. The lowest BCUT2D eigenvalue weighted by Gasteiger charge is -2.17. The van der Waals surface area contributed by atoms with Gasteiger partial charge in [-0.05, 0) is 89.8 Å². The Morgan fingerprint density at radius 1 is 0.333 bits per heavy atom. The highest BCUT2D eigenvalue weighted by Crippen LogP contribution is 2.46. The summed E-state index contributed by atoms with van der Waals surface area (Å²) < 4.78 is 122. The predicted molar refractivity (Wildman–Crippen MR) is 216 cm³/mol. The van der Waals surface area contributed by atoms with E-state index in [-0.39, 0.29) is 32.7 Å². The molecule has 0 saturated heterocycles. The van der Waals surface area contributed by atoms with E-state index < -0.39 is 84.1 Å². The quantitative estimate of drug-likeness (QED) is 0.167. The summed E-state index contributed by atoms with van der Waals surface area (Å²) in [6.45, 7) is 0. The molecule has 0 N–H and O–H groups in total. The number of rotatable bonds is 5. The third kappa shape index (κ3) is 4.86. The van der Waals surface area contributed by atoms with E-state index in [0.717, 1.165) is 33.4 Å². The Hall–Kier alpha value is -6.70. The molecule has 1 aromatic heterocycles. The van der Waals surface area contributed by atoms with Crippen molar-refractivity contribution in [3.63, 3.8) is 0 Å². The zero-order valence-electron chi connectivity index (χ0n) is 39.9. The Kier molecular flexibility index (Phi) is 4.45. The Morgan fingerprint density at radius 3 is 1.47 bits per heavy atom. The summed E-state index contributed by atoms with van der Waals surface area (Å²) in [4.78, 5) is 0. The van der Waals surface area contributed by atoms with Crippen LogP contribution in [0, 0.1) is 0 Å². The van der Waals surface area contributed by atoms with E-state index in [1.54, 1.807) is 18.2 Å². The fourth-order valence-corrected chi connectivity index (χ4v) is 7.14. The lowest BCUT2D eigenvalue weighted by Crippen LogP contribution is -1.90. The second-order valence-corrected chi connectivity index (χ2v) is 12.2. The smallest absolute Gasteiger partial charge is 0.143 e. The van der Waals surface area contributed by atoms with Crippen LogP contribution in [-0.4, -0.2) is 0 Å². The first kappa shape index (κ1) is 18.9. The molecule has 9 aromatic carbocycles. The summed E-state index contributed by atoms with van der Waals surface area (Å²) in [6.07, 6.45) is 0. The fraction of sp³-hybridized carbons (Fsp3) is 0. The van der Waals surface area contributed by atoms with E-state index in [1.165, 1.54) is 0 Å². The second kappa shape index (κ2) is 12.0. The van der Waals surface area contributed by atoms with Gasteiger partial charge >= 0.3 is 0 Å². The molecule has 0 aliphatic carbocycles. The lowest BCUT2D eigenvalue weighted by molar-refractivity contribution is 0.670. The number of benzene rings is 9. The van der Waals surface area contributed by atoms with Crippen molar-refractivity contribution in [2.45, 2.75) is 0 Å². The zero-order chi connectivity index (χ0) is 45.0. The molecule has 0 bridgehead atoms. The maximum absolute atomic E-state index is 9.35. The van der Waals surface area contributed by atoms with Crippen LogP contribution in [-0.2, 0) is 0 Å². The highest BCUT2D eigenvalue weighted by atomic mass is 16.3. The third-order valence-electron chi connectivity index (χ3n) is 9.42. The van der Waals surface area contributed by atoms with Crippen molar-refractivity contribution >= 4 is 43.5 Å². The van der Waals surface area contributed by atoms with Crippen LogP contribution < -0.4 is 0 Å². The molecule has 0 atom stereocenters. The average molecular weight is 662 g/mol. The van der Waals surface area contributed by atoms with Gasteiger partial charge in [0.25, 0.3) is 0 Å². The van der Waals surface area contributed by atoms with Crippen molar-refractivity contribution in [3.8, 4) is 55.6 Å². The third-order valence-corrected chi connectivity index (χ3v) is 9.42. The average Bonchev–Trinajstić information content (AvgIpc) is 3.70. The maximum atomic E-state index is 9.35. The summed E-state index contributed by atoms with van der Waals surface area (Å²) in [5.74, 6) is 0. The summed E-state index contributed by atoms with van der Waals surface area (Å²) in [6, 6.07) is 28.9.